The van der Waals surface area contributed by atoms with Gasteiger partial charge in [-0.3, -0.25) is 13.9 Å². The van der Waals surface area contributed by atoms with Gasteiger partial charge in [0.05, 0.1) is 36.0 Å². The molecule has 0 bridgehead atoms. The third-order valence-electron chi connectivity index (χ3n) is 5.51. The average molecular weight is 484 g/mol. The zero-order valence-corrected chi connectivity index (χ0v) is 20.5. The van der Waals surface area contributed by atoms with Gasteiger partial charge in [0.1, 0.15) is 11.8 Å². The Morgan fingerprint density at radius 3 is 2.38 bits per heavy atom. The predicted octanol–water partition coefficient (Wildman–Crippen LogP) is 4.01. The molecule has 0 saturated carbocycles. The molecule has 1 unspecified atom stereocenters. The van der Waals surface area contributed by atoms with Gasteiger partial charge >= 0.3 is 0 Å². The fraction of sp³-hybridized carbons (Fsp3) is 0.280. The first-order chi connectivity index (χ1) is 16.1. The van der Waals surface area contributed by atoms with Crippen molar-refractivity contribution in [2.45, 2.75) is 39.8 Å². The van der Waals surface area contributed by atoms with Gasteiger partial charge in [0, 0.05) is 0 Å². The molecule has 0 fully saturated rings. The number of rotatable bonds is 9. The van der Waals surface area contributed by atoms with Crippen LogP contribution in [0, 0.1) is 13.8 Å². The summed E-state index contributed by atoms with van der Waals surface area (Å²) in [5, 5.41) is 5.51. The Kier molecular flexibility index (Phi) is 7.78. The van der Waals surface area contributed by atoms with Crippen LogP contribution in [-0.2, 0) is 21.4 Å². The third kappa shape index (κ3) is 5.85. The maximum atomic E-state index is 13.3. The number of carbonyl (C=O) groups excluding carboxylic acids is 2. The summed E-state index contributed by atoms with van der Waals surface area (Å²) in [5.41, 5.74) is 2.90. The smallest absolute Gasteiger partial charge is 0.253 e. The predicted molar refractivity (Wildman–Crippen MR) is 132 cm³/mol. The lowest BCUT2D eigenvalue weighted by Gasteiger charge is -2.30. The van der Waals surface area contributed by atoms with Gasteiger partial charge in [0.2, 0.25) is 15.9 Å². The summed E-state index contributed by atoms with van der Waals surface area (Å²) < 4.78 is 31.8. The highest BCUT2D eigenvalue weighted by atomic mass is 32.2. The first kappa shape index (κ1) is 25.0. The number of anilines is 2. The SMILES string of the molecule is CCC(C(=O)Nc1ccccc1C(=O)NCc1ccco1)N(c1ccc(C)c(C)c1)S(C)(=O)=O. The van der Waals surface area contributed by atoms with Gasteiger partial charge in [0.25, 0.3) is 5.91 Å². The zero-order valence-electron chi connectivity index (χ0n) is 19.7. The molecule has 0 saturated heterocycles. The van der Waals surface area contributed by atoms with Crippen molar-refractivity contribution in [3.8, 4) is 0 Å². The summed E-state index contributed by atoms with van der Waals surface area (Å²) in [6, 6.07) is 14.3. The number of hydrogen-bond acceptors (Lipinski definition) is 5. The second kappa shape index (κ2) is 10.6. The van der Waals surface area contributed by atoms with Crippen LogP contribution in [0.2, 0.25) is 0 Å². The lowest BCUT2D eigenvalue weighted by atomic mass is 10.1. The molecule has 9 heteroatoms. The largest absolute Gasteiger partial charge is 0.467 e. The third-order valence-corrected chi connectivity index (χ3v) is 6.69. The van der Waals surface area contributed by atoms with Gasteiger partial charge in [-0.2, -0.15) is 0 Å². The minimum absolute atomic E-state index is 0.195. The number of aryl methyl sites for hydroxylation is 2. The van der Waals surface area contributed by atoms with E-state index in [1.807, 2.05) is 19.9 Å². The summed E-state index contributed by atoms with van der Waals surface area (Å²) in [7, 11) is -3.77. The quantitative estimate of drug-likeness (QED) is 0.478. The molecule has 1 atom stereocenters. The van der Waals surface area contributed by atoms with Crippen molar-refractivity contribution in [3.63, 3.8) is 0 Å². The van der Waals surface area contributed by atoms with E-state index >= 15 is 0 Å². The van der Waals surface area contributed by atoms with E-state index in [-0.39, 0.29) is 24.2 Å². The fourth-order valence-corrected chi connectivity index (χ4v) is 4.81. The maximum Gasteiger partial charge on any atom is 0.253 e. The van der Waals surface area contributed by atoms with E-state index in [4.69, 9.17) is 4.42 Å². The summed E-state index contributed by atoms with van der Waals surface area (Å²) in [6.45, 7) is 5.76. The molecule has 34 heavy (non-hydrogen) atoms. The van der Waals surface area contributed by atoms with Crippen LogP contribution in [0.1, 0.15) is 40.6 Å². The standard InChI is InChI=1S/C25H29N3O5S/c1-5-23(28(34(4,31)32)19-13-12-17(2)18(3)15-19)25(30)27-22-11-7-6-10-21(22)24(29)26-16-20-9-8-14-33-20/h6-15,23H,5,16H2,1-4H3,(H,26,29)(H,27,30). The molecule has 1 heterocycles. The van der Waals surface area contributed by atoms with Gasteiger partial charge in [-0.1, -0.05) is 25.1 Å². The highest BCUT2D eigenvalue weighted by Crippen LogP contribution is 2.26. The summed E-state index contributed by atoms with van der Waals surface area (Å²) >= 11 is 0. The molecule has 2 amide bonds. The monoisotopic (exact) mass is 483 g/mol. The Hall–Kier alpha value is -3.59. The van der Waals surface area contributed by atoms with Crippen molar-refractivity contribution < 1.29 is 22.4 Å². The number of carbonyl (C=O) groups is 2. The number of nitrogens with one attached hydrogen (secondary N) is 2. The Morgan fingerprint density at radius 1 is 1.03 bits per heavy atom. The van der Waals surface area contributed by atoms with E-state index in [1.54, 1.807) is 55.5 Å². The molecule has 0 radical (unpaired) electrons. The second-order valence-electron chi connectivity index (χ2n) is 8.05. The Balaban J connectivity index is 1.86. The molecule has 0 aliphatic rings. The number of sulfonamides is 1. The molecule has 180 valence electrons. The van der Waals surface area contributed by atoms with E-state index in [1.165, 1.54) is 6.26 Å². The van der Waals surface area contributed by atoms with Gasteiger partial charge in [-0.25, -0.2) is 8.42 Å². The van der Waals surface area contributed by atoms with Crippen LogP contribution < -0.4 is 14.9 Å². The first-order valence-corrected chi connectivity index (χ1v) is 12.7. The highest BCUT2D eigenvalue weighted by Gasteiger charge is 2.32. The van der Waals surface area contributed by atoms with Crippen LogP contribution in [0.25, 0.3) is 0 Å². The normalized spacial score (nSPS) is 12.1. The molecule has 1 aromatic heterocycles. The van der Waals surface area contributed by atoms with E-state index in [0.29, 0.717) is 11.4 Å². The molecule has 0 aliphatic carbocycles. The Bertz CT molecular complexity index is 1270. The highest BCUT2D eigenvalue weighted by molar-refractivity contribution is 7.92. The van der Waals surface area contributed by atoms with Gasteiger partial charge in [-0.15, -0.1) is 0 Å². The van der Waals surface area contributed by atoms with Gasteiger partial charge in [0.15, 0.2) is 0 Å². The molecular weight excluding hydrogens is 454 g/mol. The minimum Gasteiger partial charge on any atom is -0.467 e. The fourth-order valence-electron chi connectivity index (χ4n) is 3.60. The summed E-state index contributed by atoms with van der Waals surface area (Å²) in [4.78, 5) is 26.1. The first-order valence-electron chi connectivity index (χ1n) is 10.9. The van der Waals surface area contributed by atoms with Crippen LogP contribution >= 0.6 is 0 Å². The molecule has 3 aromatic rings. The van der Waals surface area contributed by atoms with Gasteiger partial charge < -0.3 is 15.1 Å². The lowest BCUT2D eigenvalue weighted by molar-refractivity contribution is -0.117. The average Bonchev–Trinajstić information content (AvgIpc) is 3.31. The summed E-state index contributed by atoms with van der Waals surface area (Å²) in [6.07, 6.45) is 2.83. The van der Waals surface area contributed by atoms with Crippen LogP contribution in [0.3, 0.4) is 0 Å². The maximum absolute atomic E-state index is 13.3. The molecule has 2 aromatic carbocycles. The van der Waals surface area contributed by atoms with E-state index in [9.17, 15) is 18.0 Å². The molecule has 2 N–H and O–H groups in total. The van der Waals surface area contributed by atoms with Gasteiger partial charge in [-0.05, 0) is 67.8 Å². The van der Waals surface area contributed by atoms with Crippen molar-refractivity contribution in [1.29, 1.82) is 0 Å². The number of hydrogen-bond donors (Lipinski definition) is 2. The van der Waals surface area contributed by atoms with E-state index < -0.39 is 27.9 Å². The van der Waals surface area contributed by atoms with Crippen molar-refractivity contribution in [2.24, 2.45) is 0 Å². The number of para-hydroxylation sites is 1. The van der Waals surface area contributed by atoms with Crippen molar-refractivity contribution >= 4 is 33.2 Å². The van der Waals surface area contributed by atoms with Crippen LogP contribution in [0.4, 0.5) is 11.4 Å². The van der Waals surface area contributed by atoms with E-state index in [0.717, 1.165) is 21.7 Å². The van der Waals surface area contributed by atoms with E-state index in [2.05, 4.69) is 10.6 Å². The number of amides is 2. The topological polar surface area (TPSA) is 109 Å². The van der Waals surface area contributed by atoms with Crippen molar-refractivity contribution in [2.75, 3.05) is 15.9 Å². The van der Waals surface area contributed by atoms with Crippen LogP contribution in [-0.4, -0.2) is 32.5 Å². The number of nitrogens with zero attached hydrogens (tertiary/aromatic N) is 1. The zero-order chi connectivity index (χ0) is 24.9. The van der Waals surface area contributed by atoms with Crippen LogP contribution in [0.5, 0.6) is 0 Å². The molecule has 8 nitrogen and oxygen atoms in total. The number of furan rings is 1. The Labute approximate surface area is 200 Å². The number of benzene rings is 2. The molecular formula is C25H29N3O5S. The molecule has 3 rings (SSSR count). The van der Waals surface area contributed by atoms with Crippen molar-refractivity contribution in [3.05, 3.63) is 83.3 Å². The Morgan fingerprint density at radius 2 is 1.76 bits per heavy atom. The lowest BCUT2D eigenvalue weighted by Crippen LogP contribution is -2.47. The second-order valence-corrected chi connectivity index (χ2v) is 9.91. The minimum atomic E-state index is -3.77. The van der Waals surface area contributed by atoms with Crippen molar-refractivity contribution in [1.82, 2.24) is 5.32 Å². The molecule has 0 spiro atoms. The summed E-state index contributed by atoms with van der Waals surface area (Å²) in [5.74, 6) is -0.329. The van der Waals surface area contributed by atoms with Crippen LogP contribution in [0.15, 0.2) is 65.3 Å². The molecule has 0 aliphatic heterocycles.